The van der Waals surface area contributed by atoms with E-state index in [-0.39, 0.29) is 5.92 Å². The van der Waals surface area contributed by atoms with Crippen LogP contribution in [0, 0.1) is 11.8 Å². The molecule has 2 aromatic carbocycles. The molecule has 4 rings (SSSR count). The zero-order chi connectivity index (χ0) is 28.0. The number of aliphatic carboxylic acids is 1. The number of alkyl halides is 3. The molecule has 1 saturated heterocycles. The molecule has 1 aromatic heterocycles. The SMILES string of the molecule is COc1ccc2nccc([C@@H](O)CC[C@@H]3CCN(CCCCc4cccc(C(F)(F)F)c4)C[C@@H]3C(=O)O)c2c1. The number of unbranched alkanes of at least 4 members (excludes halogenated alkanes) is 1. The predicted molar refractivity (Wildman–Crippen MR) is 143 cm³/mol. The number of rotatable bonds is 11. The fourth-order valence-electron chi connectivity index (χ4n) is 5.56. The molecule has 2 N–H and O–H groups in total. The number of aryl methyl sites for hydroxylation is 1. The van der Waals surface area contributed by atoms with Crippen LogP contribution >= 0.6 is 0 Å². The number of ether oxygens (including phenoxy) is 1. The Morgan fingerprint density at radius 1 is 1.18 bits per heavy atom. The van der Waals surface area contributed by atoms with E-state index in [2.05, 4.69) is 9.88 Å². The van der Waals surface area contributed by atoms with E-state index in [0.717, 1.165) is 48.3 Å². The Morgan fingerprint density at radius 3 is 2.74 bits per heavy atom. The fraction of sp³-hybridized carbons (Fsp3) is 0.467. The lowest BCUT2D eigenvalue weighted by atomic mass is 9.81. The predicted octanol–water partition coefficient (Wildman–Crippen LogP) is 6.12. The first-order valence-corrected chi connectivity index (χ1v) is 13.4. The number of hydrogen-bond donors (Lipinski definition) is 2. The highest BCUT2D eigenvalue weighted by Crippen LogP contribution is 2.34. The van der Waals surface area contributed by atoms with Crippen LogP contribution in [0.25, 0.3) is 10.9 Å². The van der Waals surface area contributed by atoms with Gasteiger partial charge in [0.1, 0.15) is 5.75 Å². The molecule has 6 nitrogen and oxygen atoms in total. The van der Waals surface area contributed by atoms with Crippen molar-refractivity contribution < 1.29 is 32.9 Å². The number of hydrogen-bond acceptors (Lipinski definition) is 5. The van der Waals surface area contributed by atoms with E-state index in [9.17, 15) is 28.2 Å². The Labute approximate surface area is 226 Å². The molecule has 210 valence electrons. The molecule has 2 heterocycles. The zero-order valence-electron chi connectivity index (χ0n) is 22.0. The summed E-state index contributed by atoms with van der Waals surface area (Å²) in [6.45, 7) is 1.92. The van der Waals surface area contributed by atoms with Crippen molar-refractivity contribution in [2.75, 3.05) is 26.7 Å². The molecule has 3 atom stereocenters. The van der Waals surface area contributed by atoms with Gasteiger partial charge in [0.25, 0.3) is 0 Å². The van der Waals surface area contributed by atoms with Crippen LogP contribution in [0.2, 0.25) is 0 Å². The summed E-state index contributed by atoms with van der Waals surface area (Å²) in [5.74, 6) is -0.718. The molecule has 0 radical (unpaired) electrons. The summed E-state index contributed by atoms with van der Waals surface area (Å²) >= 11 is 0. The molecule has 0 bridgehead atoms. The van der Waals surface area contributed by atoms with Gasteiger partial charge in [0.2, 0.25) is 0 Å². The van der Waals surface area contributed by atoms with Gasteiger partial charge < -0.3 is 19.8 Å². The van der Waals surface area contributed by atoms with E-state index in [1.165, 1.54) is 12.1 Å². The lowest BCUT2D eigenvalue weighted by molar-refractivity contribution is -0.146. The summed E-state index contributed by atoms with van der Waals surface area (Å²) in [4.78, 5) is 18.6. The summed E-state index contributed by atoms with van der Waals surface area (Å²) in [5, 5.41) is 21.7. The first-order valence-electron chi connectivity index (χ1n) is 13.4. The van der Waals surface area contributed by atoms with Gasteiger partial charge in [-0.05, 0) is 99.0 Å². The summed E-state index contributed by atoms with van der Waals surface area (Å²) in [6, 6.07) is 12.7. The van der Waals surface area contributed by atoms with Crippen molar-refractivity contribution in [3.05, 3.63) is 71.4 Å². The molecule has 0 aliphatic carbocycles. The molecule has 39 heavy (non-hydrogen) atoms. The second kappa shape index (κ2) is 12.8. The summed E-state index contributed by atoms with van der Waals surface area (Å²) in [6.07, 6.45) is 0.405. The monoisotopic (exact) mass is 544 g/mol. The molecule has 0 spiro atoms. The van der Waals surface area contributed by atoms with Gasteiger partial charge in [-0.15, -0.1) is 0 Å². The van der Waals surface area contributed by atoms with Crippen molar-refractivity contribution in [2.24, 2.45) is 11.8 Å². The van der Waals surface area contributed by atoms with Crippen LogP contribution in [0.4, 0.5) is 13.2 Å². The first-order chi connectivity index (χ1) is 18.7. The van der Waals surface area contributed by atoms with E-state index in [4.69, 9.17) is 4.74 Å². The molecule has 1 aliphatic heterocycles. The Kier molecular flexibility index (Phi) is 9.45. The van der Waals surface area contributed by atoms with E-state index in [0.29, 0.717) is 43.7 Å². The second-order valence-electron chi connectivity index (χ2n) is 10.3. The minimum atomic E-state index is -4.35. The topological polar surface area (TPSA) is 82.9 Å². The molecular formula is C30H35F3N2O4. The Balaban J connectivity index is 1.28. The smallest absolute Gasteiger partial charge is 0.416 e. The number of halogens is 3. The number of aromatic nitrogens is 1. The van der Waals surface area contributed by atoms with Gasteiger partial charge in [0.05, 0.1) is 30.2 Å². The maximum atomic E-state index is 12.9. The quantitative estimate of drug-likeness (QED) is 0.283. The number of carboxylic acid groups (broad SMARTS) is 1. The van der Waals surface area contributed by atoms with E-state index in [1.54, 1.807) is 25.4 Å². The molecule has 3 aromatic rings. The second-order valence-corrected chi connectivity index (χ2v) is 10.3. The van der Waals surface area contributed by atoms with Gasteiger partial charge in [0.15, 0.2) is 0 Å². The van der Waals surface area contributed by atoms with Crippen LogP contribution in [0.1, 0.15) is 54.9 Å². The number of likely N-dealkylation sites (tertiary alicyclic amines) is 1. The van der Waals surface area contributed by atoms with Crippen molar-refractivity contribution in [2.45, 2.75) is 50.8 Å². The van der Waals surface area contributed by atoms with Crippen LogP contribution in [0.5, 0.6) is 5.75 Å². The van der Waals surface area contributed by atoms with Crippen LogP contribution < -0.4 is 4.74 Å². The normalized spacial score (nSPS) is 19.2. The van der Waals surface area contributed by atoms with Crippen LogP contribution in [-0.4, -0.2) is 52.8 Å². The van der Waals surface area contributed by atoms with Crippen molar-refractivity contribution >= 4 is 16.9 Å². The van der Waals surface area contributed by atoms with Crippen molar-refractivity contribution in [1.82, 2.24) is 9.88 Å². The maximum absolute atomic E-state index is 12.9. The summed E-state index contributed by atoms with van der Waals surface area (Å²) in [7, 11) is 1.59. The van der Waals surface area contributed by atoms with E-state index < -0.39 is 29.7 Å². The van der Waals surface area contributed by atoms with Gasteiger partial charge in [0, 0.05) is 18.1 Å². The number of carbonyl (C=O) groups is 1. The van der Waals surface area contributed by atoms with Crippen LogP contribution in [-0.2, 0) is 17.4 Å². The molecular weight excluding hydrogens is 509 g/mol. The number of benzene rings is 2. The molecule has 9 heteroatoms. The third kappa shape index (κ3) is 7.48. The fourth-order valence-corrected chi connectivity index (χ4v) is 5.56. The standard InChI is InChI=1S/C30H35F3N2O4/c1-39-23-9-10-27-25(18-23)24(12-14-34-27)28(36)11-8-21-13-16-35(19-26(21)29(37)38)15-3-2-5-20-6-4-7-22(17-20)30(31,32)33/h4,6-7,9-10,12,14,17-18,21,26,28,36H,2-3,5,8,11,13,15-16,19H2,1H3,(H,37,38)/t21-,26+,28+/m1/s1. The highest BCUT2D eigenvalue weighted by Gasteiger charge is 2.34. The highest BCUT2D eigenvalue weighted by atomic mass is 19.4. The number of aliphatic hydroxyl groups is 1. The summed E-state index contributed by atoms with van der Waals surface area (Å²) in [5.41, 5.74) is 1.54. The van der Waals surface area contributed by atoms with Crippen molar-refractivity contribution in [3.8, 4) is 5.75 Å². The lowest BCUT2D eigenvalue weighted by Crippen LogP contribution is -2.44. The third-order valence-electron chi connectivity index (χ3n) is 7.75. The van der Waals surface area contributed by atoms with Gasteiger partial charge in [-0.25, -0.2) is 0 Å². The van der Waals surface area contributed by atoms with E-state index >= 15 is 0 Å². The number of carboxylic acids is 1. The van der Waals surface area contributed by atoms with Crippen molar-refractivity contribution in [3.63, 3.8) is 0 Å². The first kappa shape index (κ1) is 28.8. The molecule has 1 aliphatic rings. The van der Waals surface area contributed by atoms with Crippen molar-refractivity contribution in [1.29, 1.82) is 0 Å². The molecule has 0 unspecified atom stereocenters. The maximum Gasteiger partial charge on any atom is 0.416 e. The van der Waals surface area contributed by atoms with E-state index in [1.807, 2.05) is 18.2 Å². The lowest BCUT2D eigenvalue weighted by Gasteiger charge is -2.37. The Morgan fingerprint density at radius 2 is 2.00 bits per heavy atom. The molecule has 0 saturated carbocycles. The minimum absolute atomic E-state index is 0.0406. The Bertz CT molecular complexity index is 1270. The molecule has 0 amide bonds. The van der Waals surface area contributed by atoms with Gasteiger partial charge in [-0.3, -0.25) is 9.78 Å². The number of piperidine rings is 1. The number of pyridine rings is 1. The largest absolute Gasteiger partial charge is 0.497 e. The number of fused-ring (bicyclic) bond motifs is 1. The van der Waals surface area contributed by atoms with Crippen LogP contribution in [0.3, 0.4) is 0 Å². The third-order valence-corrected chi connectivity index (χ3v) is 7.75. The zero-order valence-corrected chi connectivity index (χ0v) is 22.0. The number of nitrogens with zero attached hydrogens (tertiary/aromatic N) is 2. The average Bonchev–Trinajstić information content (AvgIpc) is 2.93. The van der Waals surface area contributed by atoms with Gasteiger partial charge in [-0.2, -0.15) is 13.2 Å². The number of methoxy groups -OCH3 is 1. The van der Waals surface area contributed by atoms with Crippen LogP contribution in [0.15, 0.2) is 54.7 Å². The average molecular weight is 545 g/mol. The number of aliphatic hydroxyl groups excluding tert-OH is 1. The highest BCUT2D eigenvalue weighted by molar-refractivity contribution is 5.83. The summed E-state index contributed by atoms with van der Waals surface area (Å²) < 4.78 is 44.1. The minimum Gasteiger partial charge on any atom is -0.497 e. The van der Waals surface area contributed by atoms with Gasteiger partial charge >= 0.3 is 12.1 Å². The van der Waals surface area contributed by atoms with Gasteiger partial charge in [-0.1, -0.05) is 18.2 Å². The Hall–Kier alpha value is -3.17. The molecule has 1 fully saturated rings.